The van der Waals surface area contributed by atoms with Gasteiger partial charge in [-0.15, -0.1) is 0 Å². The number of pyridine rings is 1. The summed E-state index contributed by atoms with van der Waals surface area (Å²) in [4.78, 5) is 17.0. The highest BCUT2D eigenvalue weighted by atomic mass is 16.3. The van der Waals surface area contributed by atoms with E-state index in [4.69, 9.17) is 4.42 Å². The lowest BCUT2D eigenvalue weighted by atomic mass is 10.1. The van der Waals surface area contributed by atoms with Gasteiger partial charge in [0.2, 0.25) is 0 Å². The van der Waals surface area contributed by atoms with E-state index in [1.54, 1.807) is 18.5 Å². The Kier molecular flexibility index (Phi) is 4.05. The Labute approximate surface area is 151 Å². The predicted octanol–water partition coefficient (Wildman–Crippen LogP) is 4.55. The Morgan fingerprint density at radius 1 is 1.08 bits per heavy atom. The maximum Gasteiger partial charge on any atom is 0.273 e. The average Bonchev–Trinajstić information content (AvgIpc) is 3.19. The second kappa shape index (κ2) is 6.52. The van der Waals surface area contributed by atoms with Gasteiger partial charge in [-0.05, 0) is 37.1 Å². The molecule has 5 nitrogen and oxygen atoms in total. The van der Waals surface area contributed by atoms with Crippen LogP contribution in [0.2, 0.25) is 0 Å². The zero-order valence-corrected chi connectivity index (χ0v) is 14.7. The van der Waals surface area contributed by atoms with Gasteiger partial charge in [0.15, 0.2) is 5.58 Å². The van der Waals surface area contributed by atoms with Crippen LogP contribution in [-0.2, 0) is 6.54 Å². The molecule has 130 valence electrons. The largest absolute Gasteiger partial charge is 0.463 e. The molecule has 1 aromatic carbocycles. The van der Waals surface area contributed by atoms with Gasteiger partial charge in [0.1, 0.15) is 11.5 Å². The highest BCUT2D eigenvalue weighted by Crippen LogP contribution is 2.23. The topological polar surface area (TPSA) is 60.1 Å². The summed E-state index contributed by atoms with van der Waals surface area (Å²) in [5, 5.41) is 2.87. The Balaban J connectivity index is 1.69. The number of nitrogens with one attached hydrogen (secondary N) is 1. The summed E-state index contributed by atoms with van der Waals surface area (Å²) >= 11 is 0. The number of nitrogens with zero attached hydrogens (tertiary/aromatic N) is 2. The van der Waals surface area contributed by atoms with Crippen LogP contribution in [0, 0.1) is 13.8 Å². The standard InChI is InChI=1S/C21H19N3O2/c1-14-3-5-16(6-4-14)13-24-17-8-10-26-19(17)12-18(24)21(25)23-20-11-15(2)7-9-22-20/h3-12H,13H2,1-2H3,(H,22,23,25). The highest BCUT2D eigenvalue weighted by Gasteiger charge is 2.18. The summed E-state index contributed by atoms with van der Waals surface area (Å²) in [5.41, 5.74) is 5.50. The fourth-order valence-electron chi connectivity index (χ4n) is 3.00. The third-order valence-corrected chi connectivity index (χ3v) is 4.37. The van der Waals surface area contributed by atoms with E-state index < -0.39 is 0 Å². The molecular weight excluding hydrogens is 326 g/mol. The second-order valence-electron chi connectivity index (χ2n) is 6.44. The van der Waals surface area contributed by atoms with Crippen molar-refractivity contribution >= 4 is 22.8 Å². The molecule has 4 rings (SSSR count). The molecule has 5 heteroatoms. The van der Waals surface area contributed by atoms with Crippen molar-refractivity contribution in [3.8, 4) is 0 Å². The first-order chi connectivity index (χ1) is 12.6. The van der Waals surface area contributed by atoms with Gasteiger partial charge in [0.25, 0.3) is 5.91 Å². The van der Waals surface area contributed by atoms with E-state index >= 15 is 0 Å². The summed E-state index contributed by atoms with van der Waals surface area (Å²) in [5.74, 6) is 0.330. The number of anilines is 1. The molecule has 0 bridgehead atoms. The molecule has 3 heterocycles. The molecule has 0 radical (unpaired) electrons. The number of hydrogen-bond donors (Lipinski definition) is 1. The van der Waals surface area contributed by atoms with E-state index in [0.717, 1.165) is 16.6 Å². The molecular formula is C21H19N3O2. The first kappa shape index (κ1) is 16.1. The molecule has 0 spiro atoms. The van der Waals surface area contributed by atoms with Crippen molar-refractivity contribution in [2.45, 2.75) is 20.4 Å². The summed E-state index contributed by atoms with van der Waals surface area (Å²) in [6.45, 7) is 4.61. The monoisotopic (exact) mass is 345 g/mol. The van der Waals surface area contributed by atoms with Crippen LogP contribution in [0.3, 0.4) is 0 Å². The van der Waals surface area contributed by atoms with Crippen LogP contribution < -0.4 is 5.32 Å². The normalized spacial score (nSPS) is 11.0. The van der Waals surface area contributed by atoms with E-state index in [9.17, 15) is 4.79 Å². The minimum absolute atomic E-state index is 0.207. The van der Waals surface area contributed by atoms with Crippen LogP contribution >= 0.6 is 0 Å². The van der Waals surface area contributed by atoms with Crippen LogP contribution in [0.1, 0.15) is 27.2 Å². The van der Waals surface area contributed by atoms with Gasteiger partial charge in [-0.25, -0.2) is 4.98 Å². The summed E-state index contributed by atoms with van der Waals surface area (Å²) in [6.07, 6.45) is 3.32. The van der Waals surface area contributed by atoms with Crippen LogP contribution in [0.15, 0.2) is 65.4 Å². The summed E-state index contributed by atoms with van der Waals surface area (Å²) in [7, 11) is 0. The van der Waals surface area contributed by atoms with Gasteiger partial charge < -0.3 is 14.3 Å². The predicted molar refractivity (Wildman–Crippen MR) is 101 cm³/mol. The van der Waals surface area contributed by atoms with Gasteiger partial charge in [-0.2, -0.15) is 0 Å². The highest BCUT2D eigenvalue weighted by molar-refractivity contribution is 6.05. The van der Waals surface area contributed by atoms with Crippen LogP contribution in [0.25, 0.3) is 11.1 Å². The third-order valence-electron chi connectivity index (χ3n) is 4.37. The first-order valence-corrected chi connectivity index (χ1v) is 8.46. The fourth-order valence-corrected chi connectivity index (χ4v) is 3.00. The lowest BCUT2D eigenvalue weighted by Gasteiger charge is -2.11. The van der Waals surface area contributed by atoms with Crippen molar-refractivity contribution < 1.29 is 9.21 Å². The maximum absolute atomic E-state index is 12.8. The molecule has 4 aromatic rings. The van der Waals surface area contributed by atoms with E-state index in [2.05, 4.69) is 41.5 Å². The SMILES string of the molecule is Cc1ccc(Cn2c(C(=O)Nc3cc(C)ccn3)cc3occc32)cc1. The van der Waals surface area contributed by atoms with Crippen LogP contribution in [0.4, 0.5) is 5.82 Å². The number of carbonyl (C=O) groups excluding carboxylic acids is 1. The number of carbonyl (C=O) groups is 1. The average molecular weight is 345 g/mol. The smallest absolute Gasteiger partial charge is 0.273 e. The van der Waals surface area contributed by atoms with Crippen LogP contribution in [-0.4, -0.2) is 15.5 Å². The zero-order chi connectivity index (χ0) is 18.1. The Morgan fingerprint density at radius 3 is 2.65 bits per heavy atom. The molecule has 0 atom stereocenters. The van der Waals surface area contributed by atoms with Gasteiger partial charge in [-0.1, -0.05) is 29.8 Å². The zero-order valence-electron chi connectivity index (χ0n) is 14.7. The Hall–Kier alpha value is -3.34. The maximum atomic E-state index is 12.8. The van der Waals surface area contributed by atoms with Crippen molar-refractivity contribution in [2.24, 2.45) is 0 Å². The number of aromatic nitrogens is 2. The van der Waals surface area contributed by atoms with Crippen molar-refractivity contribution in [2.75, 3.05) is 5.32 Å². The van der Waals surface area contributed by atoms with Crippen molar-refractivity contribution in [3.63, 3.8) is 0 Å². The van der Waals surface area contributed by atoms with Gasteiger partial charge >= 0.3 is 0 Å². The number of rotatable bonds is 4. The molecule has 3 aromatic heterocycles. The van der Waals surface area contributed by atoms with Gasteiger partial charge in [0, 0.05) is 24.9 Å². The number of benzene rings is 1. The van der Waals surface area contributed by atoms with E-state index in [1.807, 2.05) is 29.7 Å². The number of fused-ring (bicyclic) bond motifs is 1. The molecule has 0 fully saturated rings. The first-order valence-electron chi connectivity index (χ1n) is 8.46. The van der Waals surface area contributed by atoms with Crippen molar-refractivity contribution in [1.29, 1.82) is 0 Å². The minimum Gasteiger partial charge on any atom is -0.463 e. The molecule has 0 saturated heterocycles. The molecule has 0 aliphatic heterocycles. The number of furan rings is 1. The van der Waals surface area contributed by atoms with Crippen molar-refractivity contribution in [1.82, 2.24) is 9.55 Å². The van der Waals surface area contributed by atoms with Gasteiger partial charge in [0.05, 0.1) is 11.8 Å². The molecule has 0 aliphatic carbocycles. The number of hydrogen-bond acceptors (Lipinski definition) is 3. The lowest BCUT2D eigenvalue weighted by Crippen LogP contribution is -2.18. The molecule has 1 amide bonds. The van der Waals surface area contributed by atoms with E-state index in [1.165, 1.54) is 5.56 Å². The van der Waals surface area contributed by atoms with E-state index in [0.29, 0.717) is 23.6 Å². The minimum atomic E-state index is -0.207. The van der Waals surface area contributed by atoms with Crippen molar-refractivity contribution in [3.05, 3.63) is 83.4 Å². The van der Waals surface area contributed by atoms with E-state index in [-0.39, 0.29) is 5.91 Å². The fraction of sp³-hybridized carbons (Fsp3) is 0.143. The summed E-state index contributed by atoms with van der Waals surface area (Å²) in [6, 6.07) is 15.7. The number of aryl methyl sites for hydroxylation is 2. The van der Waals surface area contributed by atoms with Crippen LogP contribution in [0.5, 0.6) is 0 Å². The number of amides is 1. The third kappa shape index (κ3) is 3.11. The quantitative estimate of drug-likeness (QED) is 0.590. The lowest BCUT2D eigenvalue weighted by molar-refractivity contribution is 0.101. The Morgan fingerprint density at radius 2 is 1.88 bits per heavy atom. The molecule has 0 aliphatic rings. The molecule has 0 unspecified atom stereocenters. The molecule has 0 saturated carbocycles. The Bertz CT molecular complexity index is 1070. The van der Waals surface area contributed by atoms with Gasteiger partial charge in [-0.3, -0.25) is 4.79 Å². The molecule has 1 N–H and O–H groups in total. The summed E-state index contributed by atoms with van der Waals surface area (Å²) < 4.78 is 7.47. The molecule has 26 heavy (non-hydrogen) atoms. The second-order valence-corrected chi connectivity index (χ2v) is 6.44.